The number of quaternary nitrogens is 1. The van der Waals surface area contributed by atoms with Crippen LogP contribution in [-0.2, 0) is 4.79 Å². The van der Waals surface area contributed by atoms with Gasteiger partial charge in [-0.1, -0.05) is 0 Å². The van der Waals surface area contributed by atoms with E-state index in [9.17, 15) is 9.59 Å². The van der Waals surface area contributed by atoms with Gasteiger partial charge in [-0.15, -0.1) is 0 Å². The van der Waals surface area contributed by atoms with Crippen molar-refractivity contribution in [3.63, 3.8) is 0 Å². The SMILES string of the molecule is CC[NH+]1CCN(C(=O)[C@@H]2CCCN(C(=O)c3cnccn3)C2)CC1. The molecular weight excluding hydrogens is 306 g/mol. The third-order valence-electron chi connectivity index (χ3n) is 5.12. The van der Waals surface area contributed by atoms with E-state index in [1.54, 1.807) is 16.0 Å². The molecule has 7 nitrogen and oxygen atoms in total. The number of hydrogen-bond donors (Lipinski definition) is 1. The monoisotopic (exact) mass is 332 g/mol. The van der Waals surface area contributed by atoms with E-state index in [-0.39, 0.29) is 17.7 Å². The van der Waals surface area contributed by atoms with Crippen LogP contribution in [0.4, 0.5) is 0 Å². The zero-order valence-electron chi connectivity index (χ0n) is 14.3. The summed E-state index contributed by atoms with van der Waals surface area (Å²) in [4.78, 5) is 38.7. The number of piperazine rings is 1. The molecule has 2 amide bonds. The number of likely N-dealkylation sites (tertiary alicyclic amines) is 1. The maximum atomic E-state index is 12.8. The van der Waals surface area contributed by atoms with Gasteiger partial charge in [0.15, 0.2) is 0 Å². The number of carbonyl (C=O) groups excluding carboxylic acids is 2. The molecule has 2 fully saturated rings. The molecule has 2 saturated heterocycles. The maximum Gasteiger partial charge on any atom is 0.274 e. The summed E-state index contributed by atoms with van der Waals surface area (Å²) in [6, 6.07) is 0. The molecule has 24 heavy (non-hydrogen) atoms. The molecule has 130 valence electrons. The van der Waals surface area contributed by atoms with Crippen molar-refractivity contribution in [2.24, 2.45) is 5.92 Å². The van der Waals surface area contributed by atoms with Gasteiger partial charge < -0.3 is 14.7 Å². The van der Waals surface area contributed by atoms with E-state index in [2.05, 4.69) is 16.9 Å². The minimum Gasteiger partial charge on any atom is -0.336 e. The standard InChI is InChI=1S/C17H25N5O2/c1-2-20-8-10-21(11-9-20)16(23)14-4-3-7-22(13-14)17(24)15-12-18-5-6-19-15/h5-6,12,14H,2-4,7-11,13H2,1H3/p+1/t14-/m1/s1. The Morgan fingerprint density at radius 2 is 2.00 bits per heavy atom. The van der Waals surface area contributed by atoms with Crippen molar-refractivity contribution in [3.05, 3.63) is 24.3 Å². The quantitative estimate of drug-likeness (QED) is 0.777. The maximum absolute atomic E-state index is 12.8. The van der Waals surface area contributed by atoms with E-state index >= 15 is 0 Å². The smallest absolute Gasteiger partial charge is 0.274 e. The molecule has 1 N–H and O–H groups in total. The van der Waals surface area contributed by atoms with Crippen LogP contribution in [0.1, 0.15) is 30.3 Å². The molecule has 0 saturated carbocycles. The van der Waals surface area contributed by atoms with Crippen LogP contribution in [0.3, 0.4) is 0 Å². The fourth-order valence-electron chi connectivity index (χ4n) is 3.59. The van der Waals surface area contributed by atoms with Gasteiger partial charge in [0, 0.05) is 25.5 Å². The van der Waals surface area contributed by atoms with E-state index < -0.39 is 0 Å². The summed E-state index contributed by atoms with van der Waals surface area (Å²) in [6.45, 7) is 8.19. The number of aromatic nitrogens is 2. The predicted octanol–water partition coefficient (Wildman–Crippen LogP) is -0.924. The first-order valence-corrected chi connectivity index (χ1v) is 8.86. The van der Waals surface area contributed by atoms with Crippen LogP contribution in [0, 0.1) is 5.92 Å². The molecule has 2 aliphatic heterocycles. The van der Waals surface area contributed by atoms with E-state index in [0.717, 1.165) is 45.6 Å². The lowest BCUT2D eigenvalue weighted by Gasteiger charge is -2.37. The van der Waals surface area contributed by atoms with Gasteiger partial charge in [0.1, 0.15) is 5.69 Å². The van der Waals surface area contributed by atoms with Crippen LogP contribution in [0.25, 0.3) is 0 Å². The van der Waals surface area contributed by atoms with Gasteiger partial charge in [-0.25, -0.2) is 4.98 Å². The Kier molecular flexibility index (Phi) is 5.40. The molecule has 3 rings (SSSR count). The largest absolute Gasteiger partial charge is 0.336 e. The molecule has 0 spiro atoms. The van der Waals surface area contributed by atoms with E-state index in [4.69, 9.17) is 0 Å². The average molecular weight is 332 g/mol. The summed E-state index contributed by atoms with van der Waals surface area (Å²) >= 11 is 0. The second-order valence-corrected chi connectivity index (χ2v) is 6.61. The Morgan fingerprint density at radius 3 is 2.67 bits per heavy atom. The van der Waals surface area contributed by atoms with Crippen LogP contribution < -0.4 is 4.90 Å². The lowest BCUT2D eigenvalue weighted by molar-refractivity contribution is -0.902. The fraction of sp³-hybridized carbons (Fsp3) is 0.647. The predicted molar refractivity (Wildman–Crippen MR) is 88.5 cm³/mol. The van der Waals surface area contributed by atoms with Gasteiger partial charge in [0.05, 0.1) is 44.8 Å². The molecule has 1 aromatic rings. The van der Waals surface area contributed by atoms with Crippen molar-refractivity contribution in [3.8, 4) is 0 Å². The number of hydrogen-bond acceptors (Lipinski definition) is 4. The average Bonchev–Trinajstić information content (AvgIpc) is 2.67. The highest BCUT2D eigenvalue weighted by Crippen LogP contribution is 2.20. The van der Waals surface area contributed by atoms with Crippen LogP contribution in [0.5, 0.6) is 0 Å². The van der Waals surface area contributed by atoms with Crippen molar-refractivity contribution in [1.29, 1.82) is 0 Å². The molecule has 0 aliphatic carbocycles. The highest BCUT2D eigenvalue weighted by atomic mass is 16.2. The van der Waals surface area contributed by atoms with Crippen molar-refractivity contribution in [1.82, 2.24) is 19.8 Å². The van der Waals surface area contributed by atoms with Crippen molar-refractivity contribution in [2.75, 3.05) is 45.8 Å². The first kappa shape index (κ1) is 16.8. The third-order valence-corrected chi connectivity index (χ3v) is 5.12. The minimum atomic E-state index is -0.124. The number of nitrogens with one attached hydrogen (secondary N) is 1. The van der Waals surface area contributed by atoms with Crippen LogP contribution in [0.2, 0.25) is 0 Å². The van der Waals surface area contributed by atoms with E-state index in [0.29, 0.717) is 18.8 Å². The topological polar surface area (TPSA) is 70.8 Å². The van der Waals surface area contributed by atoms with Crippen LogP contribution in [0.15, 0.2) is 18.6 Å². The lowest BCUT2D eigenvalue weighted by atomic mass is 9.96. The van der Waals surface area contributed by atoms with Gasteiger partial charge >= 0.3 is 0 Å². The number of carbonyl (C=O) groups is 2. The molecule has 1 atom stereocenters. The zero-order valence-corrected chi connectivity index (χ0v) is 14.3. The van der Waals surface area contributed by atoms with Crippen molar-refractivity contribution < 1.29 is 14.5 Å². The van der Waals surface area contributed by atoms with Crippen LogP contribution in [-0.4, -0.2) is 77.4 Å². The molecule has 2 aliphatic rings. The summed E-state index contributed by atoms with van der Waals surface area (Å²) < 4.78 is 0. The Balaban J connectivity index is 1.59. The Bertz CT molecular complexity index is 572. The van der Waals surface area contributed by atoms with Crippen LogP contribution >= 0.6 is 0 Å². The second kappa shape index (κ2) is 7.70. The molecule has 0 aromatic carbocycles. The minimum absolute atomic E-state index is 0.0810. The highest BCUT2D eigenvalue weighted by molar-refractivity contribution is 5.92. The van der Waals surface area contributed by atoms with Crippen molar-refractivity contribution >= 4 is 11.8 Å². The van der Waals surface area contributed by atoms with Gasteiger partial charge in [0.2, 0.25) is 5.91 Å². The molecule has 0 bridgehead atoms. The number of amides is 2. The number of piperidine rings is 1. The summed E-state index contributed by atoms with van der Waals surface area (Å²) in [5, 5.41) is 0. The van der Waals surface area contributed by atoms with Gasteiger partial charge in [-0.2, -0.15) is 0 Å². The van der Waals surface area contributed by atoms with Gasteiger partial charge in [-0.05, 0) is 19.8 Å². The second-order valence-electron chi connectivity index (χ2n) is 6.61. The Labute approximate surface area is 142 Å². The molecule has 7 heteroatoms. The zero-order chi connectivity index (χ0) is 16.9. The Morgan fingerprint density at radius 1 is 1.21 bits per heavy atom. The Hall–Kier alpha value is -2.02. The normalized spacial score (nSPS) is 22.5. The number of nitrogens with zero attached hydrogens (tertiary/aromatic N) is 4. The van der Waals surface area contributed by atoms with Gasteiger partial charge in [-0.3, -0.25) is 14.6 Å². The van der Waals surface area contributed by atoms with Crippen molar-refractivity contribution in [2.45, 2.75) is 19.8 Å². The summed E-state index contributed by atoms with van der Waals surface area (Å²) in [5.74, 6) is 0.00481. The summed E-state index contributed by atoms with van der Waals surface area (Å²) in [7, 11) is 0. The summed E-state index contributed by atoms with van der Waals surface area (Å²) in [5.41, 5.74) is 0.353. The number of rotatable bonds is 3. The molecular formula is C17H26N5O2+. The lowest BCUT2D eigenvalue weighted by Crippen LogP contribution is -3.14. The molecule has 1 aromatic heterocycles. The first-order valence-electron chi connectivity index (χ1n) is 8.86. The highest BCUT2D eigenvalue weighted by Gasteiger charge is 2.33. The molecule has 3 heterocycles. The molecule has 0 radical (unpaired) electrons. The van der Waals surface area contributed by atoms with E-state index in [1.165, 1.54) is 12.4 Å². The van der Waals surface area contributed by atoms with E-state index in [1.807, 2.05) is 4.90 Å². The first-order chi connectivity index (χ1) is 11.7. The van der Waals surface area contributed by atoms with Gasteiger partial charge in [0.25, 0.3) is 5.91 Å². The third kappa shape index (κ3) is 3.72. The molecule has 0 unspecified atom stereocenters. The number of likely N-dealkylation sites (N-methyl/N-ethyl adjacent to an activating group) is 1. The fourth-order valence-corrected chi connectivity index (χ4v) is 3.59. The summed E-state index contributed by atoms with van der Waals surface area (Å²) in [6.07, 6.45) is 6.29.